The molecule has 0 aliphatic carbocycles. The monoisotopic (exact) mass is 268 g/mol. The van der Waals surface area contributed by atoms with Crippen LogP contribution < -0.4 is 11.1 Å². The molecule has 0 saturated heterocycles. The molecular formula is C18H24N2. The van der Waals surface area contributed by atoms with Gasteiger partial charge in [-0.15, -0.1) is 0 Å². The van der Waals surface area contributed by atoms with Gasteiger partial charge in [0.15, 0.2) is 0 Å². The van der Waals surface area contributed by atoms with E-state index in [0.717, 1.165) is 18.8 Å². The summed E-state index contributed by atoms with van der Waals surface area (Å²) in [5.41, 5.74) is 14.8. The maximum Gasteiger partial charge on any atom is 0.0317 e. The van der Waals surface area contributed by atoms with E-state index in [9.17, 15) is 0 Å². The number of hydrogen-bond donors (Lipinski definition) is 2. The highest BCUT2D eigenvalue weighted by atomic mass is 14.8. The number of benzene rings is 2. The maximum absolute atomic E-state index is 5.80. The van der Waals surface area contributed by atoms with Crippen LogP contribution in [-0.4, -0.2) is 0 Å². The van der Waals surface area contributed by atoms with Crippen molar-refractivity contribution < 1.29 is 0 Å². The quantitative estimate of drug-likeness (QED) is 0.828. The van der Waals surface area contributed by atoms with Gasteiger partial charge in [0.2, 0.25) is 0 Å². The van der Waals surface area contributed by atoms with E-state index < -0.39 is 0 Å². The second kappa shape index (κ2) is 6.10. The lowest BCUT2D eigenvalue weighted by Crippen LogP contribution is -2.15. The van der Waals surface area contributed by atoms with E-state index in [1.807, 2.05) is 18.2 Å². The van der Waals surface area contributed by atoms with Gasteiger partial charge in [-0.25, -0.2) is 0 Å². The van der Waals surface area contributed by atoms with Gasteiger partial charge >= 0.3 is 0 Å². The van der Waals surface area contributed by atoms with Crippen molar-refractivity contribution in [3.8, 4) is 0 Å². The molecule has 20 heavy (non-hydrogen) atoms. The molecule has 0 aliphatic rings. The third-order valence-electron chi connectivity index (χ3n) is 4.10. The van der Waals surface area contributed by atoms with Crippen LogP contribution >= 0.6 is 0 Å². The summed E-state index contributed by atoms with van der Waals surface area (Å²) in [5.74, 6) is 0. The lowest BCUT2D eigenvalue weighted by molar-refractivity contribution is 0.686. The average Bonchev–Trinajstić information content (AvgIpc) is 2.40. The molecule has 2 heteroatoms. The molecule has 0 amide bonds. The van der Waals surface area contributed by atoms with Crippen LogP contribution in [-0.2, 0) is 13.1 Å². The molecule has 0 aromatic heterocycles. The van der Waals surface area contributed by atoms with Gasteiger partial charge < -0.3 is 11.1 Å². The smallest absolute Gasteiger partial charge is 0.0317 e. The largest absolute Gasteiger partial charge is 0.399 e. The predicted octanol–water partition coefficient (Wildman–Crippen LogP) is 3.79. The third kappa shape index (κ3) is 3.20. The zero-order valence-corrected chi connectivity index (χ0v) is 12.9. The zero-order chi connectivity index (χ0) is 14.7. The van der Waals surface area contributed by atoms with Crippen molar-refractivity contribution in [1.29, 1.82) is 0 Å². The van der Waals surface area contributed by atoms with Crippen molar-refractivity contribution in [2.75, 3.05) is 5.73 Å². The molecule has 0 spiro atoms. The number of anilines is 1. The molecule has 3 N–H and O–H groups in total. The van der Waals surface area contributed by atoms with Crippen LogP contribution in [0.15, 0.2) is 30.3 Å². The highest BCUT2D eigenvalue weighted by Crippen LogP contribution is 2.21. The molecular weight excluding hydrogens is 244 g/mol. The Morgan fingerprint density at radius 1 is 0.900 bits per heavy atom. The van der Waals surface area contributed by atoms with Crippen molar-refractivity contribution in [1.82, 2.24) is 5.32 Å². The van der Waals surface area contributed by atoms with Gasteiger partial charge in [0.05, 0.1) is 0 Å². The summed E-state index contributed by atoms with van der Waals surface area (Å²) < 4.78 is 0. The first-order valence-electron chi connectivity index (χ1n) is 7.10. The van der Waals surface area contributed by atoms with Gasteiger partial charge in [-0.3, -0.25) is 0 Å². The Labute approximate surface area is 122 Å². The number of aryl methyl sites for hydroxylation is 2. The van der Waals surface area contributed by atoms with Crippen LogP contribution in [0.5, 0.6) is 0 Å². The van der Waals surface area contributed by atoms with Crippen LogP contribution in [0.4, 0.5) is 5.69 Å². The van der Waals surface area contributed by atoms with Gasteiger partial charge in [0.25, 0.3) is 0 Å². The fourth-order valence-corrected chi connectivity index (χ4v) is 2.60. The fraction of sp³-hybridized carbons (Fsp3) is 0.333. The molecule has 0 aliphatic heterocycles. The summed E-state index contributed by atoms with van der Waals surface area (Å²) >= 11 is 0. The Hall–Kier alpha value is -1.80. The van der Waals surface area contributed by atoms with Crippen molar-refractivity contribution in [3.63, 3.8) is 0 Å². The molecule has 0 fully saturated rings. The van der Waals surface area contributed by atoms with E-state index in [-0.39, 0.29) is 0 Å². The van der Waals surface area contributed by atoms with E-state index in [4.69, 9.17) is 5.73 Å². The molecule has 2 rings (SSSR count). The first-order valence-corrected chi connectivity index (χ1v) is 7.10. The Balaban J connectivity index is 2.08. The van der Waals surface area contributed by atoms with E-state index >= 15 is 0 Å². The Morgan fingerprint density at radius 3 is 2.15 bits per heavy atom. The van der Waals surface area contributed by atoms with E-state index in [2.05, 4.69) is 45.1 Å². The van der Waals surface area contributed by atoms with Crippen molar-refractivity contribution >= 4 is 5.69 Å². The van der Waals surface area contributed by atoms with Crippen LogP contribution in [0.3, 0.4) is 0 Å². The highest BCUT2D eigenvalue weighted by Gasteiger charge is 2.07. The van der Waals surface area contributed by atoms with E-state index in [1.165, 1.54) is 33.4 Å². The number of nitrogens with two attached hydrogens (primary N) is 1. The Bertz CT molecular complexity index is 589. The predicted molar refractivity (Wildman–Crippen MR) is 86.8 cm³/mol. The standard InChI is InChI=1S/C18H24N2/c1-12-8-13(2)15(4)18(14(12)3)11-20-10-16-6-5-7-17(19)9-16/h5-9,20H,10-11,19H2,1-4H3. The van der Waals surface area contributed by atoms with Crippen LogP contribution in [0.2, 0.25) is 0 Å². The van der Waals surface area contributed by atoms with Crippen LogP contribution in [0, 0.1) is 27.7 Å². The third-order valence-corrected chi connectivity index (χ3v) is 4.10. The molecule has 2 nitrogen and oxygen atoms in total. The minimum atomic E-state index is 0.822. The molecule has 106 valence electrons. The molecule has 0 heterocycles. The Kier molecular flexibility index (Phi) is 4.46. The summed E-state index contributed by atoms with van der Waals surface area (Å²) in [5, 5.41) is 3.53. The lowest BCUT2D eigenvalue weighted by atomic mass is 9.94. The van der Waals surface area contributed by atoms with Crippen molar-refractivity contribution in [3.05, 3.63) is 63.7 Å². The summed E-state index contributed by atoms with van der Waals surface area (Å²) in [6.07, 6.45) is 0. The van der Waals surface area contributed by atoms with Gasteiger partial charge in [0.1, 0.15) is 0 Å². The second-order valence-electron chi connectivity index (χ2n) is 5.59. The first-order chi connectivity index (χ1) is 9.49. The van der Waals surface area contributed by atoms with Gasteiger partial charge in [-0.2, -0.15) is 0 Å². The molecule has 0 atom stereocenters. The fourth-order valence-electron chi connectivity index (χ4n) is 2.60. The minimum absolute atomic E-state index is 0.822. The molecule has 2 aromatic carbocycles. The van der Waals surface area contributed by atoms with E-state index in [1.54, 1.807) is 0 Å². The van der Waals surface area contributed by atoms with Crippen LogP contribution in [0.1, 0.15) is 33.4 Å². The number of hydrogen-bond acceptors (Lipinski definition) is 2. The van der Waals surface area contributed by atoms with Gasteiger partial charge in [-0.05, 0) is 73.2 Å². The van der Waals surface area contributed by atoms with Crippen molar-refractivity contribution in [2.45, 2.75) is 40.8 Å². The van der Waals surface area contributed by atoms with E-state index in [0.29, 0.717) is 0 Å². The van der Waals surface area contributed by atoms with Crippen molar-refractivity contribution in [2.24, 2.45) is 0 Å². The molecule has 0 saturated carbocycles. The molecule has 0 unspecified atom stereocenters. The zero-order valence-electron chi connectivity index (χ0n) is 12.9. The van der Waals surface area contributed by atoms with Gasteiger partial charge in [-0.1, -0.05) is 18.2 Å². The lowest BCUT2D eigenvalue weighted by Gasteiger charge is -2.16. The molecule has 2 aromatic rings. The highest BCUT2D eigenvalue weighted by molar-refractivity contribution is 5.44. The van der Waals surface area contributed by atoms with Crippen LogP contribution in [0.25, 0.3) is 0 Å². The normalized spacial score (nSPS) is 10.8. The summed E-state index contributed by atoms with van der Waals surface area (Å²) in [7, 11) is 0. The minimum Gasteiger partial charge on any atom is -0.399 e. The topological polar surface area (TPSA) is 38.0 Å². The number of rotatable bonds is 4. The maximum atomic E-state index is 5.80. The van der Waals surface area contributed by atoms with Gasteiger partial charge in [0, 0.05) is 18.8 Å². The second-order valence-corrected chi connectivity index (χ2v) is 5.59. The summed E-state index contributed by atoms with van der Waals surface area (Å²) in [6, 6.07) is 10.3. The summed E-state index contributed by atoms with van der Waals surface area (Å²) in [6.45, 7) is 10.5. The SMILES string of the molecule is Cc1cc(C)c(C)c(CNCc2cccc(N)c2)c1C. The average molecular weight is 268 g/mol. The molecule has 0 radical (unpaired) electrons. The Morgan fingerprint density at radius 2 is 1.55 bits per heavy atom. The first kappa shape index (κ1) is 14.6. The molecule has 0 bridgehead atoms. The summed E-state index contributed by atoms with van der Waals surface area (Å²) in [4.78, 5) is 0. The number of nitrogens with one attached hydrogen (secondary N) is 1. The number of nitrogen functional groups attached to an aromatic ring is 1.